The fourth-order valence-corrected chi connectivity index (χ4v) is 2.37. The topological polar surface area (TPSA) is 6.48 Å². The molecule has 0 spiro atoms. The summed E-state index contributed by atoms with van der Waals surface area (Å²) in [6.07, 6.45) is 5.67. The molecule has 0 bridgehead atoms. The van der Waals surface area contributed by atoms with Crippen molar-refractivity contribution in [1.29, 1.82) is 0 Å². The zero-order valence-electron chi connectivity index (χ0n) is 10.1. The van der Waals surface area contributed by atoms with Gasteiger partial charge in [0.15, 0.2) is 0 Å². The third-order valence-electron chi connectivity index (χ3n) is 3.27. The Morgan fingerprint density at radius 1 is 1.36 bits per heavy atom. The zero-order chi connectivity index (χ0) is 10.4. The molecule has 1 heterocycles. The van der Waals surface area contributed by atoms with Gasteiger partial charge in [-0.1, -0.05) is 6.92 Å². The molecule has 0 amide bonds. The highest BCUT2D eigenvalue weighted by molar-refractivity contribution is 4.72. The second-order valence-electron chi connectivity index (χ2n) is 4.85. The lowest BCUT2D eigenvalue weighted by Crippen LogP contribution is -2.35. The molecule has 1 aliphatic heterocycles. The third kappa shape index (κ3) is 4.43. The number of rotatable bonds is 5. The molecule has 84 valence electrons. The van der Waals surface area contributed by atoms with E-state index in [9.17, 15) is 0 Å². The van der Waals surface area contributed by atoms with E-state index in [0.717, 1.165) is 5.92 Å². The van der Waals surface area contributed by atoms with Crippen LogP contribution in [0.25, 0.3) is 0 Å². The molecule has 1 atom stereocenters. The van der Waals surface area contributed by atoms with Crippen LogP contribution in [0.2, 0.25) is 0 Å². The first-order valence-corrected chi connectivity index (χ1v) is 6.09. The first kappa shape index (κ1) is 12.0. The highest BCUT2D eigenvalue weighted by Crippen LogP contribution is 2.20. The van der Waals surface area contributed by atoms with Gasteiger partial charge in [0.05, 0.1) is 0 Å². The molecule has 1 aliphatic rings. The van der Waals surface area contributed by atoms with Gasteiger partial charge in [0.2, 0.25) is 0 Å². The van der Waals surface area contributed by atoms with Crippen LogP contribution in [0.15, 0.2) is 0 Å². The van der Waals surface area contributed by atoms with Crippen molar-refractivity contribution in [2.24, 2.45) is 5.92 Å². The lowest BCUT2D eigenvalue weighted by Gasteiger charge is -2.32. The molecular weight excluding hydrogens is 172 g/mol. The number of hydrogen-bond acceptors (Lipinski definition) is 2. The molecule has 1 saturated heterocycles. The van der Waals surface area contributed by atoms with Crippen molar-refractivity contribution in [2.45, 2.75) is 32.6 Å². The highest BCUT2D eigenvalue weighted by atomic mass is 15.1. The van der Waals surface area contributed by atoms with Crippen LogP contribution in [0, 0.1) is 5.92 Å². The SMILES string of the molecule is CCN1CCCC(CCCN(C)C)C1. The summed E-state index contributed by atoms with van der Waals surface area (Å²) in [5.74, 6) is 0.976. The lowest BCUT2D eigenvalue weighted by atomic mass is 9.93. The Hall–Kier alpha value is -0.0800. The molecule has 2 nitrogen and oxygen atoms in total. The predicted octanol–water partition coefficient (Wildman–Crippen LogP) is 2.06. The van der Waals surface area contributed by atoms with E-state index in [4.69, 9.17) is 0 Å². The molecule has 1 fully saturated rings. The zero-order valence-corrected chi connectivity index (χ0v) is 10.1. The highest BCUT2D eigenvalue weighted by Gasteiger charge is 2.17. The van der Waals surface area contributed by atoms with E-state index in [2.05, 4.69) is 30.8 Å². The van der Waals surface area contributed by atoms with E-state index < -0.39 is 0 Å². The van der Waals surface area contributed by atoms with E-state index in [-0.39, 0.29) is 0 Å². The van der Waals surface area contributed by atoms with Crippen molar-refractivity contribution < 1.29 is 0 Å². The molecule has 0 radical (unpaired) electrons. The molecule has 0 N–H and O–H groups in total. The fraction of sp³-hybridized carbons (Fsp3) is 1.00. The van der Waals surface area contributed by atoms with E-state index in [1.54, 1.807) is 0 Å². The van der Waals surface area contributed by atoms with Gasteiger partial charge in [-0.3, -0.25) is 0 Å². The second-order valence-corrected chi connectivity index (χ2v) is 4.85. The number of likely N-dealkylation sites (tertiary alicyclic amines) is 1. The average molecular weight is 198 g/mol. The Morgan fingerprint density at radius 3 is 2.79 bits per heavy atom. The minimum atomic E-state index is 0.976. The fourth-order valence-electron chi connectivity index (χ4n) is 2.37. The smallest absolute Gasteiger partial charge is 0.000956 e. The monoisotopic (exact) mass is 198 g/mol. The predicted molar refractivity (Wildman–Crippen MR) is 62.6 cm³/mol. The van der Waals surface area contributed by atoms with Crippen LogP contribution < -0.4 is 0 Å². The van der Waals surface area contributed by atoms with Crippen LogP contribution in [0.1, 0.15) is 32.6 Å². The molecule has 0 aliphatic carbocycles. The van der Waals surface area contributed by atoms with Gasteiger partial charge in [0, 0.05) is 6.54 Å². The van der Waals surface area contributed by atoms with Gasteiger partial charge in [-0.15, -0.1) is 0 Å². The van der Waals surface area contributed by atoms with Crippen LogP contribution in [0.4, 0.5) is 0 Å². The maximum atomic E-state index is 2.60. The summed E-state index contributed by atoms with van der Waals surface area (Å²) in [5, 5.41) is 0. The Balaban J connectivity index is 2.11. The van der Waals surface area contributed by atoms with E-state index >= 15 is 0 Å². The van der Waals surface area contributed by atoms with Crippen LogP contribution in [0.5, 0.6) is 0 Å². The van der Waals surface area contributed by atoms with Crippen molar-refractivity contribution in [3.05, 3.63) is 0 Å². The maximum Gasteiger partial charge on any atom is 0.000956 e. The van der Waals surface area contributed by atoms with Gasteiger partial charge in [0.25, 0.3) is 0 Å². The lowest BCUT2D eigenvalue weighted by molar-refractivity contribution is 0.172. The maximum absolute atomic E-state index is 2.60. The van der Waals surface area contributed by atoms with Gasteiger partial charge in [-0.05, 0) is 65.3 Å². The third-order valence-corrected chi connectivity index (χ3v) is 3.27. The number of hydrogen-bond donors (Lipinski definition) is 0. The van der Waals surface area contributed by atoms with Gasteiger partial charge >= 0.3 is 0 Å². The Morgan fingerprint density at radius 2 is 2.14 bits per heavy atom. The van der Waals surface area contributed by atoms with Crippen molar-refractivity contribution >= 4 is 0 Å². The summed E-state index contributed by atoms with van der Waals surface area (Å²) >= 11 is 0. The molecular formula is C12H26N2. The number of nitrogens with zero attached hydrogens (tertiary/aromatic N) is 2. The molecule has 0 aromatic carbocycles. The largest absolute Gasteiger partial charge is 0.309 e. The summed E-state index contributed by atoms with van der Waals surface area (Å²) in [6.45, 7) is 7.46. The van der Waals surface area contributed by atoms with Gasteiger partial charge in [-0.2, -0.15) is 0 Å². The molecule has 1 rings (SSSR count). The van der Waals surface area contributed by atoms with Crippen LogP contribution in [-0.2, 0) is 0 Å². The van der Waals surface area contributed by atoms with Gasteiger partial charge in [-0.25, -0.2) is 0 Å². The summed E-state index contributed by atoms with van der Waals surface area (Å²) in [4.78, 5) is 4.89. The first-order valence-electron chi connectivity index (χ1n) is 6.09. The molecule has 0 aromatic rings. The van der Waals surface area contributed by atoms with Crippen molar-refractivity contribution in [3.63, 3.8) is 0 Å². The number of piperidine rings is 1. The quantitative estimate of drug-likeness (QED) is 0.667. The van der Waals surface area contributed by atoms with E-state index in [1.807, 2.05) is 0 Å². The minimum Gasteiger partial charge on any atom is -0.309 e. The van der Waals surface area contributed by atoms with Crippen LogP contribution in [0.3, 0.4) is 0 Å². The van der Waals surface area contributed by atoms with Crippen molar-refractivity contribution in [2.75, 3.05) is 40.3 Å². The summed E-state index contributed by atoms with van der Waals surface area (Å²) in [7, 11) is 4.33. The second kappa shape index (κ2) is 6.41. The summed E-state index contributed by atoms with van der Waals surface area (Å²) in [6, 6.07) is 0. The van der Waals surface area contributed by atoms with Crippen LogP contribution in [-0.4, -0.2) is 50.1 Å². The Bertz CT molecular complexity index is 145. The normalized spacial score (nSPS) is 24.4. The minimum absolute atomic E-state index is 0.976. The van der Waals surface area contributed by atoms with Crippen molar-refractivity contribution in [3.8, 4) is 0 Å². The first-order chi connectivity index (χ1) is 6.72. The molecule has 1 unspecified atom stereocenters. The molecule has 14 heavy (non-hydrogen) atoms. The summed E-state index contributed by atoms with van der Waals surface area (Å²) < 4.78 is 0. The van der Waals surface area contributed by atoms with Gasteiger partial charge < -0.3 is 9.80 Å². The Labute approximate surface area is 89.3 Å². The average Bonchev–Trinajstić information content (AvgIpc) is 2.18. The Kier molecular flexibility index (Phi) is 5.49. The summed E-state index contributed by atoms with van der Waals surface area (Å²) in [5.41, 5.74) is 0. The van der Waals surface area contributed by atoms with Crippen molar-refractivity contribution in [1.82, 2.24) is 9.80 Å². The van der Waals surface area contributed by atoms with E-state index in [1.165, 1.54) is 51.9 Å². The van der Waals surface area contributed by atoms with Crippen LogP contribution >= 0.6 is 0 Å². The standard InChI is InChI=1S/C12H26N2/c1-4-14-10-6-8-12(11-14)7-5-9-13(2)3/h12H,4-11H2,1-3H3. The van der Waals surface area contributed by atoms with Gasteiger partial charge in [0.1, 0.15) is 0 Å². The van der Waals surface area contributed by atoms with E-state index in [0.29, 0.717) is 0 Å². The molecule has 0 saturated carbocycles. The molecule has 0 aromatic heterocycles. The molecule has 2 heteroatoms.